The predicted molar refractivity (Wildman–Crippen MR) is 98.8 cm³/mol. The molecule has 0 saturated carbocycles. The van der Waals surface area contributed by atoms with Crippen LogP contribution >= 0.6 is 34.8 Å². The summed E-state index contributed by atoms with van der Waals surface area (Å²) in [5.74, 6) is -1.80. The molecule has 1 atom stereocenters. The fourth-order valence-electron chi connectivity index (χ4n) is 2.53. The van der Waals surface area contributed by atoms with E-state index in [0.29, 0.717) is 10.6 Å². The average molecular weight is 454 g/mol. The van der Waals surface area contributed by atoms with Crippen LogP contribution < -0.4 is 9.47 Å². The summed E-state index contributed by atoms with van der Waals surface area (Å²) < 4.78 is 50.1. The Morgan fingerprint density at radius 3 is 2.43 bits per heavy atom. The number of halogens is 6. The molecule has 148 valence electrons. The first-order valence-electron chi connectivity index (χ1n) is 7.63. The van der Waals surface area contributed by atoms with E-state index in [2.05, 4.69) is 0 Å². The Labute approximate surface area is 172 Å². The maximum absolute atomic E-state index is 13.2. The van der Waals surface area contributed by atoms with E-state index >= 15 is 0 Å². The van der Waals surface area contributed by atoms with Crippen molar-refractivity contribution >= 4 is 46.8 Å². The molecule has 0 amide bonds. The van der Waals surface area contributed by atoms with Gasteiger partial charge >= 0.3 is 12.1 Å². The summed E-state index contributed by atoms with van der Waals surface area (Å²) >= 11 is 18.3. The molecule has 4 nitrogen and oxygen atoms in total. The summed E-state index contributed by atoms with van der Waals surface area (Å²) in [5, 5.41) is 9.71. The standard InChI is InChI=1S/C18H10Cl3F3O4/c1-7-10(19)2-3-12(15(7)21)27-14-6-13-8(5-11(14)20)4-9(17(25)26)16(28-13)18(22,23)24/h2-6,16H,1H3,(H,25,26). The van der Waals surface area contributed by atoms with Crippen LogP contribution in [0.25, 0.3) is 6.08 Å². The minimum absolute atomic E-state index is 0.0165. The molecule has 10 heteroatoms. The maximum atomic E-state index is 13.2. The summed E-state index contributed by atoms with van der Waals surface area (Å²) in [6.45, 7) is 1.67. The Balaban J connectivity index is 2.04. The molecule has 1 unspecified atom stereocenters. The number of carboxylic acids is 1. The van der Waals surface area contributed by atoms with Gasteiger partial charge in [-0.05, 0) is 36.8 Å². The van der Waals surface area contributed by atoms with Crippen LogP contribution in [-0.2, 0) is 4.79 Å². The highest BCUT2D eigenvalue weighted by atomic mass is 35.5. The van der Waals surface area contributed by atoms with E-state index in [-0.39, 0.29) is 32.9 Å². The number of carboxylic acid groups (broad SMARTS) is 1. The van der Waals surface area contributed by atoms with Crippen molar-refractivity contribution in [3.8, 4) is 17.2 Å². The van der Waals surface area contributed by atoms with Crippen LogP contribution in [0.5, 0.6) is 17.2 Å². The number of hydrogen-bond acceptors (Lipinski definition) is 3. The average Bonchev–Trinajstić information content (AvgIpc) is 2.60. The first-order valence-corrected chi connectivity index (χ1v) is 8.76. The second kappa shape index (κ2) is 7.39. The van der Waals surface area contributed by atoms with Crippen LogP contribution in [-0.4, -0.2) is 23.4 Å². The van der Waals surface area contributed by atoms with Crippen LogP contribution in [0.4, 0.5) is 13.2 Å². The largest absolute Gasteiger partial charge is 0.478 e. The number of hydrogen-bond donors (Lipinski definition) is 1. The third-order valence-electron chi connectivity index (χ3n) is 3.95. The number of rotatable bonds is 3. The molecule has 2 aromatic rings. The normalized spacial score (nSPS) is 16.1. The summed E-state index contributed by atoms with van der Waals surface area (Å²) in [6.07, 6.45) is -6.67. The van der Waals surface area contributed by atoms with Gasteiger partial charge in [0.05, 0.1) is 15.6 Å². The van der Waals surface area contributed by atoms with Crippen molar-refractivity contribution in [2.45, 2.75) is 19.2 Å². The molecule has 1 heterocycles. The number of carbonyl (C=O) groups is 1. The molecule has 0 aromatic heterocycles. The Morgan fingerprint density at radius 1 is 1.14 bits per heavy atom. The van der Waals surface area contributed by atoms with Gasteiger partial charge in [0.25, 0.3) is 0 Å². The molecule has 0 fully saturated rings. The molecular formula is C18H10Cl3F3O4. The van der Waals surface area contributed by atoms with Gasteiger partial charge in [0.15, 0.2) is 0 Å². The lowest BCUT2D eigenvalue weighted by Crippen LogP contribution is -2.40. The Morgan fingerprint density at radius 2 is 1.82 bits per heavy atom. The van der Waals surface area contributed by atoms with Crippen molar-refractivity contribution in [2.75, 3.05) is 0 Å². The zero-order chi connectivity index (χ0) is 20.8. The number of aliphatic carboxylic acids is 1. The van der Waals surface area contributed by atoms with Gasteiger partial charge in [0, 0.05) is 16.7 Å². The Kier molecular flexibility index (Phi) is 5.44. The summed E-state index contributed by atoms with van der Waals surface area (Å²) in [7, 11) is 0. The van der Waals surface area contributed by atoms with Crippen LogP contribution in [0.3, 0.4) is 0 Å². The van der Waals surface area contributed by atoms with Crippen LogP contribution in [0.15, 0.2) is 29.8 Å². The van der Waals surface area contributed by atoms with Crippen molar-refractivity contribution < 1.29 is 32.5 Å². The molecule has 1 aliphatic rings. The molecule has 0 spiro atoms. The number of ether oxygens (including phenoxy) is 2. The third-order valence-corrected chi connectivity index (χ3v) is 5.13. The fourth-order valence-corrected chi connectivity index (χ4v) is 3.15. The molecule has 0 saturated heterocycles. The second-order valence-electron chi connectivity index (χ2n) is 5.85. The highest BCUT2D eigenvalue weighted by Crippen LogP contribution is 2.44. The molecule has 2 aromatic carbocycles. The Hall–Kier alpha value is -2.09. The first kappa shape index (κ1) is 20.6. The van der Waals surface area contributed by atoms with E-state index < -0.39 is 23.8 Å². The molecule has 0 bridgehead atoms. The summed E-state index contributed by atoms with van der Waals surface area (Å²) in [6, 6.07) is 5.42. The van der Waals surface area contributed by atoms with Crippen molar-refractivity contribution in [1.82, 2.24) is 0 Å². The van der Waals surface area contributed by atoms with Crippen molar-refractivity contribution in [2.24, 2.45) is 0 Å². The van der Waals surface area contributed by atoms with Gasteiger partial charge in [-0.25, -0.2) is 4.79 Å². The van der Waals surface area contributed by atoms with E-state index in [1.165, 1.54) is 12.1 Å². The molecule has 28 heavy (non-hydrogen) atoms. The Bertz CT molecular complexity index is 1000. The second-order valence-corrected chi connectivity index (χ2v) is 7.04. The van der Waals surface area contributed by atoms with E-state index in [9.17, 15) is 18.0 Å². The van der Waals surface area contributed by atoms with Gasteiger partial charge in [-0.15, -0.1) is 0 Å². The van der Waals surface area contributed by atoms with Crippen molar-refractivity contribution in [3.63, 3.8) is 0 Å². The number of fused-ring (bicyclic) bond motifs is 1. The molecule has 3 rings (SSSR count). The zero-order valence-electron chi connectivity index (χ0n) is 13.9. The molecule has 0 aliphatic carbocycles. The van der Waals surface area contributed by atoms with E-state index in [0.717, 1.165) is 12.1 Å². The zero-order valence-corrected chi connectivity index (χ0v) is 16.2. The van der Waals surface area contributed by atoms with Gasteiger partial charge in [0.2, 0.25) is 6.10 Å². The molecule has 1 N–H and O–H groups in total. The SMILES string of the molecule is Cc1c(Cl)ccc(Oc2cc3c(cc2Cl)C=C(C(=O)O)C(C(F)(F)F)O3)c1Cl. The number of alkyl halides is 3. The van der Waals surface area contributed by atoms with Crippen molar-refractivity contribution in [3.05, 3.63) is 56.0 Å². The molecule has 1 aliphatic heterocycles. The van der Waals surface area contributed by atoms with Gasteiger partial charge < -0.3 is 14.6 Å². The smallest absolute Gasteiger partial charge is 0.430 e. The molecular weight excluding hydrogens is 444 g/mol. The van der Waals surface area contributed by atoms with Gasteiger partial charge in [-0.3, -0.25) is 0 Å². The van der Waals surface area contributed by atoms with Gasteiger partial charge in [-0.2, -0.15) is 13.2 Å². The highest BCUT2D eigenvalue weighted by molar-refractivity contribution is 6.37. The van der Waals surface area contributed by atoms with Gasteiger partial charge in [-0.1, -0.05) is 34.8 Å². The quantitative estimate of drug-likeness (QED) is 0.573. The van der Waals surface area contributed by atoms with Crippen LogP contribution in [0.2, 0.25) is 15.1 Å². The fraction of sp³-hybridized carbons (Fsp3) is 0.167. The summed E-state index contributed by atoms with van der Waals surface area (Å²) in [5.41, 5.74) is -0.313. The maximum Gasteiger partial charge on any atom is 0.430 e. The van der Waals surface area contributed by atoms with Crippen molar-refractivity contribution in [1.29, 1.82) is 0 Å². The first-order chi connectivity index (χ1) is 13.0. The predicted octanol–water partition coefficient (Wildman–Crippen LogP) is 6.54. The summed E-state index contributed by atoms with van der Waals surface area (Å²) in [4.78, 5) is 11.2. The monoisotopic (exact) mass is 452 g/mol. The number of benzene rings is 2. The highest BCUT2D eigenvalue weighted by Gasteiger charge is 2.48. The van der Waals surface area contributed by atoms with Crippen LogP contribution in [0.1, 0.15) is 11.1 Å². The lowest BCUT2D eigenvalue weighted by Gasteiger charge is -2.27. The van der Waals surface area contributed by atoms with E-state index in [1.807, 2.05) is 0 Å². The van der Waals surface area contributed by atoms with E-state index in [1.54, 1.807) is 13.0 Å². The minimum Gasteiger partial charge on any atom is -0.478 e. The molecule has 0 radical (unpaired) electrons. The topological polar surface area (TPSA) is 55.8 Å². The van der Waals surface area contributed by atoms with Gasteiger partial charge in [0.1, 0.15) is 17.2 Å². The third kappa shape index (κ3) is 3.87. The minimum atomic E-state index is -4.92. The lowest BCUT2D eigenvalue weighted by molar-refractivity contribution is -0.187. The lowest BCUT2D eigenvalue weighted by atomic mass is 10.0. The van der Waals surface area contributed by atoms with Crippen LogP contribution in [0, 0.1) is 6.92 Å². The van der Waals surface area contributed by atoms with E-state index in [4.69, 9.17) is 49.4 Å².